The number of carbonyl (C=O) groups excluding carboxylic acids is 1. The zero-order valence-corrected chi connectivity index (χ0v) is 16.3. The normalized spacial score (nSPS) is 17.6. The molecule has 1 heterocycles. The highest BCUT2D eigenvalue weighted by Gasteiger charge is 2.35. The fourth-order valence-electron chi connectivity index (χ4n) is 3.87. The van der Waals surface area contributed by atoms with E-state index in [0.717, 1.165) is 22.2 Å². The number of aryl methyl sites for hydroxylation is 1. The van der Waals surface area contributed by atoms with E-state index in [1.165, 1.54) is 0 Å². The van der Waals surface area contributed by atoms with Crippen LogP contribution in [0.4, 0.5) is 8.78 Å². The van der Waals surface area contributed by atoms with Gasteiger partial charge >= 0.3 is 5.97 Å². The molecule has 0 saturated heterocycles. The number of alkyl halides is 2. The number of nitrogens with zero attached hydrogens (tertiary/aromatic N) is 1. The fraction of sp³-hybridized carbons (Fsp3) is 0.550. The summed E-state index contributed by atoms with van der Waals surface area (Å²) in [6.07, 6.45) is 2.92. The Kier molecular flexibility index (Phi) is 5.61. The van der Waals surface area contributed by atoms with Gasteiger partial charge in [-0.25, -0.2) is 13.6 Å². The summed E-state index contributed by atoms with van der Waals surface area (Å²) in [4.78, 5) is 12.5. The number of hydrogen-bond acceptors (Lipinski definition) is 3. The van der Waals surface area contributed by atoms with Crippen LogP contribution >= 0.6 is 11.8 Å². The summed E-state index contributed by atoms with van der Waals surface area (Å²) >= 11 is 1.65. The Balaban J connectivity index is 2.02. The molecular formula is C20H25F2NO2S. The van der Waals surface area contributed by atoms with E-state index in [9.17, 15) is 13.6 Å². The largest absolute Gasteiger partial charge is 0.462 e. The van der Waals surface area contributed by atoms with Gasteiger partial charge in [0, 0.05) is 42.2 Å². The lowest BCUT2D eigenvalue weighted by atomic mass is 9.82. The molecule has 6 heteroatoms. The summed E-state index contributed by atoms with van der Waals surface area (Å²) in [5.41, 5.74) is 3.62. The van der Waals surface area contributed by atoms with Gasteiger partial charge in [0.25, 0.3) is 0 Å². The first-order valence-corrected chi connectivity index (χ1v) is 10.4. The highest BCUT2D eigenvalue weighted by Crippen LogP contribution is 2.42. The van der Waals surface area contributed by atoms with Gasteiger partial charge < -0.3 is 9.30 Å². The smallest absolute Gasteiger partial charge is 0.340 e. The molecule has 1 saturated carbocycles. The number of carbonyl (C=O) groups is 1. The maximum Gasteiger partial charge on any atom is 0.340 e. The number of fused-ring (bicyclic) bond motifs is 1. The lowest BCUT2D eigenvalue weighted by Gasteiger charge is -2.28. The minimum Gasteiger partial charge on any atom is -0.462 e. The van der Waals surface area contributed by atoms with E-state index in [2.05, 4.69) is 6.07 Å². The molecule has 142 valence electrons. The number of aromatic nitrogens is 1. The number of ether oxygens (including phenoxy) is 1. The molecule has 0 unspecified atom stereocenters. The topological polar surface area (TPSA) is 31.2 Å². The number of thioether (sulfide) groups is 1. The van der Waals surface area contributed by atoms with Gasteiger partial charge in [0.15, 0.2) is 0 Å². The summed E-state index contributed by atoms with van der Waals surface area (Å²) < 4.78 is 34.2. The Bertz CT molecular complexity index is 806. The van der Waals surface area contributed by atoms with Crippen LogP contribution in [0.15, 0.2) is 18.2 Å². The van der Waals surface area contributed by atoms with E-state index in [1.54, 1.807) is 18.7 Å². The van der Waals surface area contributed by atoms with Gasteiger partial charge in [0.05, 0.1) is 12.2 Å². The highest BCUT2D eigenvalue weighted by molar-refractivity contribution is 7.97. The second kappa shape index (κ2) is 7.59. The molecule has 1 aromatic carbocycles. The SMILES string of the molecule is CCOC(=O)c1c(CSC)n(C)c2cc(C3CCC(F)(F)CC3)ccc12. The van der Waals surface area contributed by atoms with Gasteiger partial charge in [0.2, 0.25) is 5.92 Å². The van der Waals surface area contributed by atoms with E-state index >= 15 is 0 Å². The fourth-order valence-corrected chi connectivity index (χ4v) is 4.48. The third kappa shape index (κ3) is 3.61. The van der Waals surface area contributed by atoms with Crippen LogP contribution in [0.3, 0.4) is 0 Å². The van der Waals surface area contributed by atoms with Crippen molar-refractivity contribution in [3.05, 3.63) is 35.0 Å². The quantitative estimate of drug-likeness (QED) is 0.640. The van der Waals surface area contributed by atoms with Gasteiger partial charge in [-0.05, 0) is 43.6 Å². The number of halogens is 2. The average Bonchev–Trinajstić information content (AvgIpc) is 2.87. The first-order valence-electron chi connectivity index (χ1n) is 9.03. The van der Waals surface area contributed by atoms with E-state index in [0.29, 0.717) is 30.8 Å². The molecule has 3 nitrogen and oxygen atoms in total. The third-order valence-corrected chi connectivity index (χ3v) is 5.86. The molecule has 0 amide bonds. The van der Waals surface area contributed by atoms with Gasteiger partial charge in [-0.3, -0.25) is 0 Å². The van der Waals surface area contributed by atoms with Crippen molar-refractivity contribution in [2.75, 3.05) is 12.9 Å². The standard InChI is InChI=1S/C20H25F2NO2S/c1-4-25-19(24)18-15-6-5-14(13-7-9-20(21,22)10-8-13)11-16(15)23(2)17(18)12-26-3/h5-6,11,13H,4,7-10,12H2,1-3H3. The van der Waals surface area contributed by atoms with Crippen LogP contribution < -0.4 is 0 Å². The predicted molar refractivity (Wildman–Crippen MR) is 102 cm³/mol. The molecule has 0 atom stereocenters. The summed E-state index contributed by atoms with van der Waals surface area (Å²) in [7, 11) is 1.95. The second-order valence-electron chi connectivity index (χ2n) is 6.94. The molecule has 2 aromatic rings. The maximum absolute atomic E-state index is 13.5. The first-order chi connectivity index (χ1) is 12.4. The van der Waals surface area contributed by atoms with Crippen LogP contribution in [0.2, 0.25) is 0 Å². The van der Waals surface area contributed by atoms with Crippen molar-refractivity contribution in [1.29, 1.82) is 0 Å². The molecule has 0 radical (unpaired) electrons. The van der Waals surface area contributed by atoms with Crippen LogP contribution in [0.1, 0.15) is 60.1 Å². The molecule has 0 N–H and O–H groups in total. The lowest BCUT2D eigenvalue weighted by Crippen LogP contribution is -2.23. The third-order valence-electron chi connectivity index (χ3n) is 5.30. The van der Waals surface area contributed by atoms with Crippen molar-refractivity contribution < 1.29 is 18.3 Å². The zero-order chi connectivity index (χ0) is 18.9. The van der Waals surface area contributed by atoms with Gasteiger partial charge in [-0.2, -0.15) is 11.8 Å². The number of benzene rings is 1. The van der Waals surface area contributed by atoms with Crippen molar-refractivity contribution in [3.8, 4) is 0 Å². The average molecular weight is 381 g/mol. The minimum atomic E-state index is -2.52. The van der Waals surface area contributed by atoms with Crippen LogP contribution in [0.25, 0.3) is 10.9 Å². The van der Waals surface area contributed by atoms with E-state index in [-0.39, 0.29) is 24.7 Å². The molecule has 3 rings (SSSR count). The Morgan fingerprint density at radius 3 is 2.65 bits per heavy atom. The highest BCUT2D eigenvalue weighted by atomic mass is 32.2. The predicted octanol–water partition coefficient (Wildman–Crippen LogP) is 5.51. The molecule has 26 heavy (non-hydrogen) atoms. The second-order valence-corrected chi connectivity index (χ2v) is 7.81. The maximum atomic E-state index is 13.5. The zero-order valence-electron chi connectivity index (χ0n) is 15.5. The van der Waals surface area contributed by atoms with Crippen molar-refractivity contribution in [2.24, 2.45) is 7.05 Å². The molecular weight excluding hydrogens is 356 g/mol. The molecule has 1 aliphatic rings. The Morgan fingerprint density at radius 2 is 2.04 bits per heavy atom. The first kappa shape index (κ1) is 19.2. The Labute approximate surface area is 157 Å². The number of rotatable bonds is 5. The van der Waals surface area contributed by atoms with Crippen molar-refractivity contribution in [3.63, 3.8) is 0 Å². The van der Waals surface area contributed by atoms with Crippen LogP contribution in [0.5, 0.6) is 0 Å². The van der Waals surface area contributed by atoms with Gasteiger partial charge in [-0.15, -0.1) is 0 Å². The van der Waals surface area contributed by atoms with Crippen LogP contribution in [0, 0.1) is 0 Å². The Morgan fingerprint density at radius 1 is 1.35 bits per heavy atom. The molecule has 0 spiro atoms. The van der Waals surface area contributed by atoms with Crippen molar-refractivity contribution in [2.45, 2.75) is 50.2 Å². The van der Waals surface area contributed by atoms with E-state index in [4.69, 9.17) is 4.74 Å². The molecule has 1 aliphatic carbocycles. The molecule has 1 aromatic heterocycles. The molecule has 0 aliphatic heterocycles. The van der Waals surface area contributed by atoms with E-state index < -0.39 is 5.92 Å². The van der Waals surface area contributed by atoms with Crippen molar-refractivity contribution in [1.82, 2.24) is 4.57 Å². The van der Waals surface area contributed by atoms with Gasteiger partial charge in [0.1, 0.15) is 0 Å². The van der Waals surface area contributed by atoms with Crippen molar-refractivity contribution >= 4 is 28.6 Å². The lowest BCUT2D eigenvalue weighted by molar-refractivity contribution is -0.0382. The molecule has 0 bridgehead atoms. The number of hydrogen-bond donors (Lipinski definition) is 0. The summed E-state index contributed by atoms with van der Waals surface area (Å²) in [6, 6.07) is 6.01. The van der Waals surface area contributed by atoms with Crippen LogP contribution in [-0.2, 0) is 17.5 Å². The summed E-state index contributed by atoms with van der Waals surface area (Å²) in [6.45, 7) is 2.14. The van der Waals surface area contributed by atoms with Gasteiger partial charge in [-0.1, -0.05) is 12.1 Å². The molecule has 1 fully saturated rings. The van der Waals surface area contributed by atoms with Crippen LogP contribution in [-0.4, -0.2) is 29.3 Å². The number of esters is 1. The minimum absolute atomic E-state index is 0.0470. The van der Waals surface area contributed by atoms with E-state index in [1.807, 2.05) is 30.0 Å². The monoisotopic (exact) mass is 381 g/mol. The summed E-state index contributed by atoms with van der Waals surface area (Å²) in [5, 5.41) is 0.875. The Hall–Kier alpha value is -1.56. The summed E-state index contributed by atoms with van der Waals surface area (Å²) in [5.74, 6) is -1.95.